The summed E-state index contributed by atoms with van der Waals surface area (Å²) in [6, 6.07) is 4.46. The molecule has 1 aromatic heterocycles. The van der Waals surface area contributed by atoms with Crippen LogP contribution >= 0.6 is 0 Å². The normalized spacial score (nSPS) is 12.9. The number of pyridine rings is 1. The summed E-state index contributed by atoms with van der Waals surface area (Å²) < 4.78 is 5.61. The van der Waals surface area contributed by atoms with Crippen LogP contribution in [0.3, 0.4) is 0 Å². The maximum Gasteiger partial charge on any atom is 0.0518 e. The minimum Gasteiger partial charge on any atom is -0.379 e. The first-order valence-electron chi connectivity index (χ1n) is 6.49. The molecule has 3 nitrogen and oxygen atoms in total. The molecule has 0 amide bonds. The van der Waals surface area contributed by atoms with E-state index in [1.165, 1.54) is 5.56 Å². The predicted molar refractivity (Wildman–Crippen MR) is 71.0 cm³/mol. The van der Waals surface area contributed by atoms with Crippen molar-refractivity contribution >= 4 is 0 Å². The second kappa shape index (κ2) is 8.20. The van der Waals surface area contributed by atoms with Crippen molar-refractivity contribution < 1.29 is 4.74 Å². The molecule has 0 aliphatic carbocycles. The number of rotatable bonds is 8. The maximum absolute atomic E-state index is 5.61. The largest absolute Gasteiger partial charge is 0.379 e. The van der Waals surface area contributed by atoms with Gasteiger partial charge in [0, 0.05) is 25.0 Å². The molecule has 96 valence electrons. The van der Waals surface area contributed by atoms with Gasteiger partial charge in [0.05, 0.1) is 6.10 Å². The second-order valence-corrected chi connectivity index (χ2v) is 4.50. The number of hydrogen-bond donors (Lipinski definition) is 1. The van der Waals surface area contributed by atoms with Crippen LogP contribution in [0.1, 0.15) is 45.2 Å². The van der Waals surface area contributed by atoms with Crippen LogP contribution in [-0.2, 0) is 4.74 Å². The summed E-state index contributed by atoms with van der Waals surface area (Å²) in [5.41, 5.74) is 1.24. The van der Waals surface area contributed by atoms with E-state index in [0.29, 0.717) is 12.1 Å². The van der Waals surface area contributed by atoms with Crippen molar-refractivity contribution in [1.29, 1.82) is 0 Å². The van der Waals surface area contributed by atoms with E-state index in [9.17, 15) is 0 Å². The van der Waals surface area contributed by atoms with Crippen LogP contribution in [-0.4, -0.2) is 24.2 Å². The molecule has 0 radical (unpaired) electrons. The van der Waals surface area contributed by atoms with E-state index in [2.05, 4.69) is 37.1 Å². The third kappa shape index (κ3) is 5.80. The molecule has 0 fully saturated rings. The average molecular weight is 236 g/mol. The molecule has 1 aromatic rings. The van der Waals surface area contributed by atoms with E-state index in [-0.39, 0.29) is 0 Å². The molecule has 3 heteroatoms. The summed E-state index contributed by atoms with van der Waals surface area (Å²) in [4.78, 5) is 4.18. The van der Waals surface area contributed by atoms with Gasteiger partial charge < -0.3 is 10.1 Å². The van der Waals surface area contributed by atoms with Gasteiger partial charge in [-0.1, -0.05) is 13.0 Å². The Morgan fingerprint density at radius 3 is 2.82 bits per heavy atom. The first-order valence-corrected chi connectivity index (χ1v) is 6.49. The monoisotopic (exact) mass is 236 g/mol. The third-order valence-electron chi connectivity index (χ3n) is 2.59. The lowest BCUT2D eigenvalue weighted by molar-refractivity contribution is 0.0714. The summed E-state index contributed by atoms with van der Waals surface area (Å²) in [5.74, 6) is 0. The van der Waals surface area contributed by atoms with Crippen LogP contribution in [0.5, 0.6) is 0 Å². The Labute approximate surface area is 105 Å². The predicted octanol–water partition coefficient (Wildman–Crippen LogP) is 2.94. The van der Waals surface area contributed by atoms with Crippen LogP contribution in [0, 0.1) is 0 Å². The Balaban J connectivity index is 2.48. The smallest absolute Gasteiger partial charge is 0.0518 e. The molecule has 0 spiro atoms. The van der Waals surface area contributed by atoms with Gasteiger partial charge in [-0.25, -0.2) is 0 Å². The van der Waals surface area contributed by atoms with Crippen LogP contribution in [0.2, 0.25) is 0 Å². The highest BCUT2D eigenvalue weighted by Gasteiger charge is 2.10. The van der Waals surface area contributed by atoms with E-state index in [0.717, 1.165) is 26.0 Å². The SMILES string of the molecule is CCCNC(CCOC(C)C)c1cccnc1. The van der Waals surface area contributed by atoms with Gasteiger partial charge in [-0.2, -0.15) is 0 Å². The summed E-state index contributed by atoms with van der Waals surface area (Å²) in [6.45, 7) is 8.13. The molecule has 0 saturated carbocycles. The topological polar surface area (TPSA) is 34.1 Å². The Morgan fingerprint density at radius 1 is 1.41 bits per heavy atom. The van der Waals surface area contributed by atoms with Gasteiger partial charge in [0.1, 0.15) is 0 Å². The van der Waals surface area contributed by atoms with E-state index in [1.807, 2.05) is 18.5 Å². The third-order valence-corrected chi connectivity index (χ3v) is 2.59. The maximum atomic E-state index is 5.61. The number of nitrogens with zero attached hydrogens (tertiary/aromatic N) is 1. The first-order chi connectivity index (χ1) is 8.24. The molecule has 1 N–H and O–H groups in total. The number of aromatic nitrogens is 1. The van der Waals surface area contributed by atoms with Gasteiger partial charge in [0.2, 0.25) is 0 Å². The molecule has 1 atom stereocenters. The molecule has 0 bridgehead atoms. The van der Waals surface area contributed by atoms with Crippen molar-refractivity contribution in [1.82, 2.24) is 10.3 Å². The van der Waals surface area contributed by atoms with Crippen molar-refractivity contribution in [3.05, 3.63) is 30.1 Å². The van der Waals surface area contributed by atoms with Crippen molar-refractivity contribution in [2.45, 2.75) is 45.8 Å². The van der Waals surface area contributed by atoms with Gasteiger partial charge in [-0.15, -0.1) is 0 Å². The Hall–Kier alpha value is -0.930. The lowest BCUT2D eigenvalue weighted by Gasteiger charge is -2.19. The number of ether oxygens (including phenoxy) is 1. The fourth-order valence-electron chi connectivity index (χ4n) is 1.71. The molecule has 1 unspecified atom stereocenters. The lowest BCUT2D eigenvalue weighted by atomic mass is 10.1. The summed E-state index contributed by atoms with van der Waals surface area (Å²) >= 11 is 0. The molecule has 17 heavy (non-hydrogen) atoms. The fraction of sp³-hybridized carbons (Fsp3) is 0.643. The molecule has 0 aliphatic rings. The average Bonchev–Trinajstić information content (AvgIpc) is 2.34. The molecule has 0 aliphatic heterocycles. The van der Waals surface area contributed by atoms with Gasteiger partial charge in [0.25, 0.3) is 0 Å². The Morgan fingerprint density at radius 2 is 2.24 bits per heavy atom. The summed E-state index contributed by atoms with van der Waals surface area (Å²) in [5, 5.41) is 3.54. The van der Waals surface area contributed by atoms with E-state index in [4.69, 9.17) is 4.74 Å². The van der Waals surface area contributed by atoms with Gasteiger partial charge in [0.15, 0.2) is 0 Å². The number of hydrogen-bond acceptors (Lipinski definition) is 3. The van der Waals surface area contributed by atoms with Gasteiger partial charge >= 0.3 is 0 Å². The second-order valence-electron chi connectivity index (χ2n) is 4.50. The van der Waals surface area contributed by atoms with Crippen molar-refractivity contribution in [2.75, 3.05) is 13.2 Å². The minimum absolute atomic E-state index is 0.302. The molecule has 1 rings (SSSR count). The lowest BCUT2D eigenvalue weighted by Crippen LogP contribution is -2.24. The molecule has 0 saturated heterocycles. The Bertz CT molecular complexity index is 288. The number of nitrogens with one attached hydrogen (secondary N) is 1. The first kappa shape index (κ1) is 14.1. The van der Waals surface area contributed by atoms with E-state index in [1.54, 1.807) is 0 Å². The molecule has 0 aromatic carbocycles. The summed E-state index contributed by atoms with van der Waals surface area (Å²) in [7, 11) is 0. The van der Waals surface area contributed by atoms with Gasteiger partial charge in [-0.3, -0.25) is 4.98 Å². The van der Waals surface area contributed by atoms with Crippen molar-refractivity contribution in [3.63, 3.8) is 0 Å². The van der Waals surface area contributed by atoms with Crippen LogP contribution in [0.25, 0.3) is 0 Å². The van der Waals surface area contributed by atoms with Crippen LogP contribution in [0.15, 0.2) is 24.5 Å². The highest BCUT2D eigenvalue weighted by Crippen LogP contribution is 2.15. The molecule has 1 heterocycles. The highest BCUT2D eigenvalue weighted by molar-refractivity contribution is 5.13. The van der Waals surface area contributed by atoms with Crippen LogP contribution in [0.4, 0.5) is 0 Å². The van der Waals surface area contributed by atoms with E-state index < -0.39 is 0 Å². The standard InChI is InChI=1S/C14H24N2O/c1-4-8-16-14(7-10-17-12(2)3)13-6-5-9-15-11-13/h5-6,9,11-12,14,16H,4,7-8,10H2,1-3H3. The Kier molecular flexibility index (Phi) is 6.82. The zero-order chi connectivity index (χ0) is 12.5. The fourth-order valence-corrected chi connectivity index (χ4v) is 1.71. The van der Waals surface area contributed by atoms with Crippen LogP contribution < -0.4 is 5.32 Å². The van der Waals surface area contributed by atoms with Crippen molar-refractivity contribution in [3.8, 4) is 0 Å². The quantitative estimate of drug-likeness (QED) is 0.753. The minimum atomic E-state index is 0.302. The van der Waals surface area contributed by atoms with E-state index >= 15 is 0 Å². The summed E-state index contributed by atoms with van der Waals surface area (Å²) in [6.07, 6.45) is 6.18. The zero-order valence-corrected chi connectivity index (χ0v) is 11.1. The van der Waals surface area contributed by atoms with Crippen molar-refractivity contribution in [2.24, 2.45) is 0 Å². The molecular formula is C14H24N2O. The highest BCUT2D eigenvalue weighted by atomic mass is 16.5. The van der Waals surface area contributed by atoms with Gasteiger partial charge in [-0.05, 0) is 44.9 Å². The zero-order valence-electron chi connectivity index (χ0n) is 11.1. The molecular weight excluding hydrogens is 212 g/mol.